The number of rotatable bonds is 3. The van der Waals surface area contributed by atoms with Gasteiger partial charge in [0, 0.05) is 31.1 Å². The molecule has 0 bridgehead atoms. The molecule has 3 heterocycles. The second kappa shape index (κ2) is 6.56. The lowest BCUT2D eigenvalue weighted by atomic mass is 9.97. The van der Waals surface area contributed by atoms with Crippen molar-refractivity contribution < 1.29 is 9.90 Å². The third-order valence-electron chi connectivity index (χ3n) is 5.30. The Morgan fingerprint density at radius 1 is 1.20 bits per heavy atom. The molecule has 0 radical (unpaired) electrons. The van der Waals surface area contributed by atoms with Crippen molar-refractivity contribution in [1.82, 2.24) is 9.80 Å². The lowest BCUT2D eigenvalue weighted by molar-refractivity contribution is 0.00810. The van der Waals surface area contributed by atoms with Crippen molar-refractivity contribution in [2.45, 2.75) is 31.9 Å². The number of carbonyl (C=O) groups is 1. The number of fused-ring (bicyclic) bond motifs is 1. The Hall–Kier alpha value is -1.69. The van der Waals surface area contributed by atoms with Gasteiger partial charge in [0.15, 0.2) is 0 Å². The van der Waals surface area contributed by atoms with Crippen molar-refractivity contribution in [2.75, 3.05) is 26.2 Å². The zero-order chi connectivity index (χ0) is 17.4. The first-order chi connectivity index (χ1) is 12.0. The molecule has 1 saturated heterocycles. The Morgan fingerprint density at radius 2 is 2.00 bits per heavy atom. The Kier molecular flexibility index (Phi) is 4.40. The van der Waals surface area contributed by atoms with Gasteiger partial charge in [0.2, 0.25) is 0 Å². The third kappa shape index (κ3) is 3.50. The van der Waals surface area contributed by atoms with Crippen molar-refractivity contribution in [3.8, 4) is 0 Å². The maximum Gasteiger partial charge on any atom is 0.264 e. The highest BCUT2D eigenvalue weighted by Gasteiger charge is 2.40. The van der Waals surface area contributed by atoms with Gasteiger partial charge in [-0.1, -0.05) is 24.3 Å². The number of likely N-dealkylation sites (tertiary alicyclic amines) is 1. The lowest BCUT2D eigenvalue weighted by Gasteiger charge is -2.34. The summed E-state index contributed by atoms with van der Waals surface area (Å²) in [6, 6.07) is 12.4. The van der Waals surface area contributed by atoms with Gasteiger partial charge in [-0.15, -0.1) is 11.3 Å². The van der Waals surface area contributed by atoms with Crippen molar-refractivity contribution in [3.05, 3.63) is 57.3 Å². The molecule has 2 aliphatic rings. The number of aliphatic hydroxyl groups is 1. The highest BCUT2D eigenvalue weighted by Crippen LogP contribution is 2.28. The van der Waals surface area contributed by atoms with Gasteiger partial charge < -0.3 is 10.0 Å². The quantitative estimate of drug-likeness (QED) is 0.920. The van der Waals surface area contributed by atoms with Crippen LogP contribution in [0.2, 0.25) is 0 Å². The molecule has 0 unspecified atom stereocenters. The molecule has 1 aromatic heterocycles. The summed E-state index contributed by atoms with van der Waals surface area (Å²) < 4.78 is 0. The Balaban J connectivity index is 1.39. The first kappa shape index (κ1) is 16.8. The summed E-state index contributed by atoms with van der Waals surface area (Å²) in [6.45, 7) is 5.57. The van der Waals surface area contributed by atoms with E-state index in [0.29, 0.717) is 26.1 Å². The van der Waals surface area contributed by atoms with E-state index in [1.807, 2.05) is 24.0 Å². The number of benzene rings is 1. The minimum Gasteiger partial charge on any atom is -0.387 e. The standard InChI is InChI=1S/C20H24N2O2S/c1-15-6-7-18(25-15)19(23)22-11-9-20(24,14-22)13-21-10-8-16-4-2-3-5-17(16)12-21/h2-7,24H,8-14H2,1H3/t20-/m1/s1. The lowest BCUT2D eigenvalue weighted by Crippen LogP contribution is -2.47. The average molecular weight is 356 g/mol. The van der Waals surface area contributed by atoms with E-state index in [4.69, 9.17) is 0 Å². The number of nitrogens with zero attached hydrogens (tertiary/aromatic N) is 2. The van der Waals surface area contributed by atoms with E-state index in [0.717, 1.165) is 29.3 Å². The molecule has 0 spiro atoms. The SMILES string of the molecule is Cc1ccc(C(=O)N2CC[C@@](O)(CN3CCc4ccccc4C3)C2)s1. The average Bonchev–Trinajstić information content (AvgIpc) is 3.20. The zero-order valence-electron chi connectivity index (χ0n) is 14.6. The molecule has 4 nitrogen and oxygen atoms in total. The fourth-order valence-electron chi connectivity index (χ4n) is 3.97. The van der Waals surface area contributed by atoms with Crippen LogP contribution in [-0.2, 0) is 13.0 Å². The molecule has 5 heteroatoms. The molecule has 0 aliphatic carbocycles. The van der Waals surface area contributed by atoms with Gasteiger partial charge >= 0.3 is 0 Å². The highest BCUT2D eigenvalue weighted by atomic mass is 32.1. The predicted octanol–water partition coefficient (Wildman–Crippen LogP) is 2.69. The zero-order valence-corrected chi connectivity index (χ0v) is 15.4. The molecule has 1 atom stereocenters. The first-order valence-corrected chi connectivity index (χ1v) is 9.71. The Morgan fingerprint density at radius 3 is 2.76 bits per heavy atom. The van der Waals surface area contributed by atoms with Crippen LogP contribution in [-0.4, -0.2) is 52.6 Å². The molecule has 1 aromatic carbocycles. The van der Waals surface area contributed by atoms with Crippen molar-refractivity contribution in [1.29, 1.82) is 0 Å². The van der Waals surface area contributed by atoms with E-state index >= 15 is 0 Å². The van der Waals surface area contributed by atoms with Gasteiger partial charge in [-0.2, -0.15) is 0 Å². The largest absolute Gasteiger partial charge is 0.387 e. The fourth-order valence-corrected chi connectivity index (χ4v) is 4.80. The number of carbonyl (C=O) groups excluding carboxylic acids is 1. The number of β-amino-alcohol motifs (C(OH)–C–C–N with tert-alkyl or cyclic N) is 1. The third-order valence-corrected chi connectivity index (χ3v) is 6.29. The van der Waals surface area contributed by atoms with Gasteiger partial charge in [-0.25, -0.2) is 0 Å². The van der Waals surface area contributed by atoms with Crippen LogP contribution in [0.5, 0.6) is 0 Å². The summed E-state index contributed by atoms with van der Waals surface area (Å²) in [5.74, 6) is 0.0537. The summed E-state index contributed by atoms with van der Waals surface area (Å²) in [4.78, 5) is 18.7. The van der Waals surface area contributed by atoms with Gasteiger partial charge in [0.1, 0.15) is 0 Å². The molecular formula is C20H24N2O2S. The second-order valence-corrected chi connectivity index (χ2v) is 8.63. The molecule has 1 amide bonds. The topological polar surface area (TPSA) is 43.8 Å². The summed E-state index contributed by atoms with van der Waals surface area (Å²) >= 11 is 1.53. The Labute approximate surface area is 152 Å². The minimum atomic E-state index is -0.797. The smallest absolute Gasteiger partial charge is 0.264 e. The highest BCUT2D eigenvalue weighted by molar-refractivity contribution is 7.13. The normalized spacial score (nSPS) is 23.7. The maximum absolute atomic E-state index is 12.6. The van der Waals surface area contributed by atoms with E-state index in [1.165, 1.54) is 22.5 Å². The van der Waals surface area contributed by atoms with Crippen LogP contribution in [0.4, 0.5) is 0 Å². The van der Waals surface area contributed by atoms with Gasteiger partial charge in [0.05, 0.1) is 17.0 Å². The van der Waals surface area contributed by atoms with E-state index in [2.05, 4.69) is 29.2 Å². The van der Waals surface area contributed by atoms with E-state index in [9.17, 15) is 9.90 Å². The summed E-state index contributed by atoms with van der Waals surface area (Å²) in [7, 11) is 0. The van der Waals surface area contributed by atoms with Crippen LogP contribution in [0.25, 0.3) is 0 Å². The van der Waals surface area contributed by atoms with Crippen molar-refractivity contribution >= 4 is 17.2 Å². The molecule has 0 saturated carbocycles. The molecule has 2 aliphatic heterocycles. The van der Waals surface area contributed by atoms with Crippen LogP contribution < -0.4 is 0 Å². The van der Waals surface area contributed by atoms with E-state index < -0.39 is 5.60 Å². The molecular weight excluding hydrogens is 332 g/mol. The molecule has 25 heavy (non-hydrogen) atoms. The molecule has 1 fully saturated rings. The maximum atomic E-state index is 12.6. The minimum absolute atomic E-state index is 0.0537. The molecule has 1 N–H and O–H groups in total. The second-order valence-electron chi connectivity index (χ2n) is 7.34. The number of amides is 1. The van der Waals surface area contributed by atoms with Crippen molar-refractivity contribution in [2.24, 2.45) is 0 Å². The molecule has 2 aromatic rings. The monoisotopic (exact) mass is 356 g/mol. The summed E-state index contributed by atoms with van der Waals surface area (Å²) in [6.07, 6.45) is 1.69. The van der Waals surface area contributed by atoms with Crippen molar-refractivity contribution in [3.63, 3.8) is 0 Å². The van der Waals surface area contributed by atoms with Gasteiger partial charge in [-0.3, -0.25) is 9.69 Å². The van der Waals surface area contributed by atoms with Crippen LogP contribution in [0, 0.1) is 6.92 Å². The number of thiophene rings is 1. The van der Waals surface area contributed by atoms with Crippen LogP contribution in [0.15, 0.2) is 36.4 Å². The van der Waals surface area contributed by atoms with Crippen LogP contribution >= 0.6 is 11.3 Å². The Bertz CT molecular complexity index is 788. The predicted molar refractivity (Wildman–Crippen MR) is 99.9 cm³/mol. The summed E-state index contributed by atoms with van der Waals surface area (Å²) in [5.41, 5.74) is 1.98. The van der Waals surface area contributed by atoms with Crippen LogP contribution in [0.1, 0.15) is 32.1 Å². The first-order valence-electron chi connectivity index (χ1n) is 8.90. The number of hydrogen-bond donors (Lipinski definition) is 1. The van der Waals surface area contributed by atoms with E-state index in [-0.39, 0.29) is 5.91 Å². The number of aryl methyl sites for hydroxylation is 1. The van der Waals surface area contributed by atoms with E-state index in [1.54, 1.807) is 0 Å². The molecule has 132 valence electrons. The number of hydrogen-bond acceptors (Lipinski definition) is 4. The van der Waals surface area contributed by atoms with Crippen LogP contribution in [0.3, 0.4) is 0 Å². The summed E-state index contributed by atoms with van der Waals surface area (Å²) in [5, 5.41) is 11.0. The van der Waals surface area contributed by atoms with Gasteiger partial charge in [0.25, 0.3) is 5.91 Å². The fraction of sp³-hybridized carbons (Fsp3) is 0.450. The molecule has 4 rings (SSSR count). The van der Waals surface area contributed by atoms with Gasteiger partial charge in [-0.05, 0) is 43.0 Å².